The monoisotopic (exact) mass is 452 g/mol. The highest BCUT2D eigenvalue weighted by Crippen LogP contribution is 2.24. The van der Waals surface area contributed by atoms with Crippen molar-refractivity contribution in [1.82, 2.24) is 0 Å². The van der Waals surface area contributed by atoms with Crippen molar-refractivity contribution in [2.45, 2.75) is 59.9 Å². The molecule has 1 aromatic carbocycles. The summed E-state index contributed by atoms with van der Waals surface area (Å²) in [5, 5.41) is 19.1. The van der Waals surface area contributed by atoms with Gasteiger partial charge in [0, 0.05) is 5.56 Å². The first-order chi connectivity index (χ1) is 14.6. The zero-order chi connectivity index (χ0) is 24.9. The van der Waals surface area contributed by atoms with E-state index in [9.17, 15) is 34.2 Å². The zero-order valence-corrected chi connectivity index (χ0v) is 18.8. The number of carbonyl (C=O) groups is 5. The van der Waals surface area contributed by atoms with Crippen molar-refractivity contribution >= 4 is 29.8 Å². The summed E-state index contributed by atoms with van der Waals surface area (Å²) in [6, 6.07) is 7.42. The molecule has 0 spiro atoms. The quantitative estimate of drug-likeness (QED) is 0.444. The number of benzene rings is 1. The van der Waals surface area contributed by atoms with Gasteiger partial charge >= 0.3 is 29.8 Å². The maximum Gasteiger partial charge on any atom is 0.353 e. The molecule has 2 N–H and O–H groups in total. The van der Waals surface area contributed by atoms with E-state index in [1.165, 1.54) is 65.8 Å². The summed E-state index contributed by atoms with van der Waals surface area (Å²) >= 11 is 0. The Hall–Kier alpha value is -3.43. The Labute approximate surface area is 185 Å². The Kier molecular flexibility index (Phi) is 8.52. The summed E-state index contributed by atoms with van der Waals surface area (Å²) in [5.74, 6) is -6.77. The molecule has 32 heavy (non-hydrogen) atoms. The van der Waals surface area contributed by atoms with Gasteiger partial charge in [-0.05, 0) is 41.5 Å². The van der Waals surface area contributed by atoms with E-state index in [2.05, 4.69) is 0 Å². The van der Waals surface area contributed by atoms with Crippen LogP contribution in [0, 0.1) is 10.8 Å². The largest absolute Gasteiger partial charge is 0.478 e. The van der Waals surface area contributed by atoms with Gasteiger partial charge < -0.3 is 24.4 Å². The second-order valence-electron chi connectivity index (χ2n) is 9.06. The molecule has 0 bridgehead atoms. The number of hydrogen-bond donors (Lipinski definition) is 2. The lowest BCUT2D eigenvalue weighted by atomic mass is 9.96. The third kappa shape index (κ3) is 7.36. The molecule has 0 fully saturated rings. The molecule has 0 radical (unpaired) electrons. The summed E-state index contributed by atoms with van der Waals surface area (Å²) in [5.41, 5.74) is -2.20. The van der Waals surface area contributed by atoms with Crippen molar-refractivity contribution in [3.05, 3.63) is 35.9 Å². The molecule has 0 heterocycles. The van der Waals surface area contributed by atoms with Gasteiger partial charge in [0.05, 0.1) is 10.8 Å². The van der Waals surface area contributed by atoms with Crippen molar-refractivity contribution in [2.75, 3.05) is 0 Å². The van der Waals surface area contributed by atoms with Crippen molar-refractivity contribution in [1.29, 1.82) is 0 Å². The van der Waals surface area contributed by atoms with Gasteiger partial charge in [0.15, 0.2) is 0 Å². The van der Waals surface area contributed by atoms with Gasteiger partial charge in [-0.1, -0.05) is 30.3 Å². The minimum absolute atomic E-state index is 0.0906. The normalized spacial score (nSPS) is 14.4. The van der Waals surface area contributed by atoms with E-state index in [1.54, 1.807) is 6.07 Å². The maximum atomic E-state index is 12.9. The Bertz CT molecular complexity index is 861. The molecule has 176 valence electrons. The molecule has 2 unspecified atom stereocenters. The fourth-order valence-corrected chi connectivity index (χ4v) is 2.13. The molecule has 10 heteroatoms. The Balaban J connectivity index is 3.35. The van der Waals surface area contributed by atoms with E-state index >= 15 is 0 Å². The van der Waals surface area contributed by atoms with Crippen molar-refractivity contribution in [3.63, 3.8) is 0 Å². The summed E-state index contributed by atoms with van der Waals surface area (Å²) in [4.78, 5) is 61.0. The number of carboxylic acids is 2. The summed E-state index contributed by atoms with van der Waals surface area (Å²) < 4.78 is 15.0. The second kappa shape index (κ2) is 10.3. The average molecular weight is 452 g/mol. The van der Waals surface area contributed by atoms with Crippen molar-refractivity contribution in [3.8, 4) is 0 Å². The molecule has 1 rings (SSSR count). The smallest absolute Gasteiger partial charge is 0.353 e. The fourth-order valence-electron chi connectivity index (χ4n) is 2.13. The second-order valence-corrected chi connectivity index (χ2v) is 9.06. The molecule has 0 aliphatic carbocycles. The molecule has 3 atom stereocenters. The first kappa shape index (κ1) is 26.6. The van der Waals surface area contributed by atoms with Gasteiger partial charge in [0.1, 0.15) is 0 Å². The van der Waals surface area contributed by atoms with Gasteiger partial charge in [-0.3, -0.25) is 9.59 Å². The van der Waals surface area contributed by atoms with Crippen LogP contribution in [-0.4, -0.2) is 52.3 Å². The number of aliphatic carboxylic acids is 2. The third-order valence-corrected chi connectivity index (χ3v) is 4.00. The first-order valence-electron chi connectivity index (χ1n) is 9.69. The van der Waals surface area contributed by atoms with Crippen molar-refractivity contribution < 1.29 is 48.4 Å². The van der Waals surface area contributed by atoms with Crippen LogP contribution in [0.15, 0.2) is 30.3 Å². The Morgan fingerprint density at radius 3 is 1.50 bits per heavy atom. The number of hydrogen-bond acceptors (Lipinski definition) is 8. The molecule has 1 aromatic rings. The van der Waals surface area contributed by atoms with Gasteiger partial charge in [-0.25, -0.2) is 14.4 Å². The molecule has 0 aliphatic heterocycles. The van der Waals surface area contributed by atoms with Crippen LogP contribution < -0.4 is 0 Å². The van der Waals surface area contributed by atoms with Crippen LogP contribution in [0.25, 0.3) is 0 Å². The number of carbonyl (C=O) groups excluding carboxylic acids is 3. The van der Waals surface area contributed by atoms with E-state index < -0.39 is 59.0 Å². The minimum Gasteiger partial charge on any atom is -0.478 e. The first-order valence-corrected chi connectivity index (χ1v) is 9.69. The number of esters is 3. The lowest BCUT2D eigenvalue weighted by Gasteiger charge is -2.28. The minimum atomic E-state index is -2.26. The highest BCUT2D eigenvalue weighted by Gasteiger charge is 2.45. The Morgan fingerprint density at radius 1 is 0.688 bits per heavy atom. The molecule has 10 nitrogen and oxygen atoms in total. The topological polar surface area (TPSA) is 154 Å². The zero-order valence-electron chi connectivity index (χ0n) is 18.8. The van der Waals surface area contributed by atoms with Crippen LogP contribution in [0.5, 0.6) is 0 Å². The predicted molar refractivity (Wildman–Crippen MR) is 109 cm³/mol. The summed E-state index contributed by atoms with van der Waals surface area (Å²) in [6.07, 6.45) is -6.31. The average Bonchev–Trinajstić information content (AvgIpc) is 2.66. The van der Waals surface area contributed by atoms with E-state index in [0.717, 1.165) is 0 Å². The molecule has 0 aromatic heterocycles. The van der Waals surface area contributed by atoms with E-state index in [0.29, 0.717) is 0 Å². The third-order valence-electron chi connectivity index (χ3n) is 4.00. The lowest BCUT2D eigenvalue weighted by molar-refractivity contribution is -0.198. The van der Waals surface area contributed by atoms with Gasteiger partial charge in [-0.15, -0.1) is 0 Å². The molecule has 0 amide bonds. The summed E-state index contributed by atoms with van der Waals surface area (Å²) in [6.45, 7) is 8.74. The highest BCUT2D eigenvalue weighted by atomic mass is 16.6. The van der Waals surface area contributed by atoms with Gasteiger partial charge in [0.25, 0.3) is 0 Å². The molecule has 0 aliphatic rings. The predicted octanol–water partition coefficient (Wildman–Crippen LogP) is 2.36. The van der Waals surface area contributed by atoms with E-state index in [4.69, 9.17) is 14.2 Å². The number of rotatable bonds is 8. The Morgan fingerprint density at radius 2 is 1.12 bits per heavy atom. The van der Waals surface area contributed by atoms with E-state index in [1.807, 2.05) is 0 Å². The van der Waals surface area contributed by atoms with Crippen LogP contribution >= 0.6 is 0 Å². The number of carboxylic acid groups (broad SMARTS) is 2. The molecular weight excluding hydrogens is 424 g/mol. The summed E-state index contributed by atoms with van der Waals surface area (Å²) in [7, 11) is 0. The van der Waals surface area contributed by atoms with Crippen LogP contribution in [-0.2, 0) is 38.2 Å². The SMILES string of the molecule is CC(C)(C)C(=O)OC(C(=O)O)C(OC(=O)C(C)(C)C)C(=O)O[C@H](C(=O)O)c1ccccc1. The lowest BCUT2D eigenvalue weighted by Crippen LogP contribution is -2.49. The van der Waals surface area contributed by atoms with Crippen LogP contribution in [0.3, 0.4) is 0 Å². The molecule has 0 saturated heterocycles. The molecule has 0 saturated carbocycles. The van der Waals surface area contributed by atoms with Crippen LogP contribution in [0.4, 0.5) is 0 Å². The van der Waals surface area contributed by atoms with Gasteiger partial charge in [-0.2, -0.15) is 0 Å². The van der Waals surface area contributed by atoms with Crippen molar-refractivity contribution in [2.24, 2.45) is 10.8 Å². The molecular formula is C22H28O10. The maximum absolute atomic E-state index is 12.9. The van der Waals surface area contributed by atoms with E-state index in [-0.39, 0.29) is 5.56 Å². The van der Waals surface area contributed by atoms with Crippen LogP contribution in [0.2, 0.25) is 0 Å². The van der Waals surface area contributed by atoms with Gasteiger partial charge in [0.2, 0.25) is 18.3 Å². The highest BCUT2D eigenvalue weighted by molar-refractivity contribution is 5.91. The standard InChI is InChI=1S/C22H28O10/c1-21(2,3)19(28)31-14(17(25)26)15(32-20(29)22(4,5)6)18(27)30-13(16(23)24)12-10-8-7-9-11-12/h7-11,13-15H,1-6H3,(H,23,24)(H,25,26)/t13-,14?,15?/m0/s1. The number of ether oxygens (including phenoxy) is 3. The fraction of sp³-hybridized carbons (Fsp3) is 0.500. The van der Waals surface area contributed by atoms with Crippen LogP contribution in [0.1, 0.15) is 53.2 Å².